The molecule has 2 aromatic rings. The van der Waals surface area contributed by atoms with Gasteiger partial charge in [-0.15, -0.1) is 10.2 Å². The molecule has 2 amide bonds. The fourth-order valence-electron chi connectivity index (χ4n) is 3.55. The summed E-state index contributed by atoms with van der Waals surface area (Å²) >= 11 is 0. The molecule has 0 saturated carbocycles. The molecular formula is C18H27N5O2. The van der Waals surface area contributed by atoms with Crippen LogP contribution in [0.25, 0.3) is 5.65 Å². The van der Waals surface area contributed by atoms with Crippen LogP contribution in [0, 0.1) is 0 Å². The fraction of sp³-hybridized carbons (Fsp3) is 0.611. The number of aryl methyl sites for hydroxylation is 1. The van der Waals surface area contributed by atoms with E-state index in [0.29, 0.717) is 19.6 Å². The molecule has 0 aliphatic carbocycles. The number of fused-ring (bicyclic) bond motifs is 1. The second kappa shape index (κ2) is 6.63. The Morgan fingerprint density at radius 2 is 1.92 bits per heavy atom. The van der Waals surface area contributed by atoms with Gasteiger partial charge in [-0.1, -0.05) is 6.07 Å². The van der Waals surface area contributed by atoms with Gasteiger partial charge < -0.3 is 15.0 Å². The van der Waals surface area contributed by atoms with Crippen LogP contribution < -0.4 is 5.32 Å². The zero-order chi connectivity index (χ0) is 18.1. The SMILES string of the molecule is CC1(C)CN(C(=O)NCCCc2nnc3ccccn23)CC(C)(C)O1. The molecule has 0 atom stereocenters. The van der Waals surface area contributed by atoms with Crippen molar-refractivity contribution in [1.82, 2.24) is 24.8 Å². The van der Waals surface area contributed by atoms with Crippen molar-refractivity contribution in [2.24, 2.45) is 0 Å². The smallest absolute Gasteiger partial charge is 0.317 e. The molecule has 1 aliphatic heterocycles. The van der Waals surface area contributed by atoms with Gasteiger partial charge in [-0.05, 0) is 46.2 Å². The van der Waals surface area contributed by atoms with E-state index in [1.54, 1.807) is 0 Å². The highest BCUT2D eigenvalue weighted by molar-refractivity contribution is 5.74. The number of rotatable bonds is 4. The Morgan fingerprint density at radius 3 is 2.64 bits per heavy atom. The molecule has 7 nitrogen and oxygen atoms in total. The molecule has 3 heterocycles. The maximum absolute atomic E-state index is 12.5. The van der Waals surface area contributed by atoms with E-state index in [9.17, 15) is 4.79 Å². The maximum Gasteiger partial charge on any atom is 0.317 e. The van der Waals surface area contributed by atoms with Gasteiger partial charge in [-0.25, -0.2) is 4.79 Å². The van der Waals surface area contributed by atoms with Crippen molar-refractivity contribution in [3.8, 4) is 0 Å². The zero-order valence-corrected chi connectivity index (χ0v) is 15.5. The van der Waals surface area contributed by atoms with Gasteiger partial charge in [-0.2, -0.15) is 0 Å². The van der Waals surface area contributed by atoms with E-state index in [4.69, 9.17) is 4.74 Å². The van der Waals surface area contributed by atoms with Gasteiger partial charge in [0.05, 0.1) is 24.3 Å². The van der Waals surface area contributed by atoms with E-state index >= 15 is 0 Å². The van der Waals surface area contributed by atoms with Crippen molar-refractivity contribution >= 4 is 11.7 Å². The molecule has 0 bridgehead atoms. The normalized spacial score (nSPS) is 19.1. The molecule has 7 heteroatoms. The number of carbonyl (C=O) groups is 1. The molecule has 1 aliphatic rings. The number of amides is 2. The Labute approximate surface area is 148 Å². The quantitative estimate of drug-likeness (QED) is 0.863. The second-order valence-electron chi connectivity index (χ2n) is 7.86. The molecule has 0 aromatic carbocycles. The Balaban J connectivity index is 1.49. The van der Waals surface area contributed by atoms with E-state index in [1.807, 2.05) is 61.4 Å². The summed E-state index contributed by atoms with van der Waals surface area (Å²) in [5, 5.41) is 11.4. The summed E-state index contributed by atoms with van der Waals surface area (Å²) in [6, 6.07) is 5.80. The number of pyridine rings is 1. The van der Waals surface area contributed by atoms with Gasteiger partial charge in [0, 0.05) is 19.2 Å². The molecule has 0 unspecified atom stereocenters. The van der Waals surface area contributed by atoms with Crippen molar-refractivity contribution in [3.05, 3.63) is 30.2 Å². The van der Waals surface area contributed by atoms with Crippen LogP contribution >= 0.6 is 0 Å². The number of hydrogen-bond acceptors (Lipinski definition) is 4. The van der Waals surface area contributed by atoms with Crippen molar-refractivity contribution in [3.63, 3.8) is 0 Å². The number of nitrogens with zero attached hydrogens (tertiary/aromatic N) is 4. The summed E-state index contributed by atoms with van der Waals surface area (Å²) in [6.07, 6.45) is 3.55. The van der Waals surface area contributed by atoms with Crippen LogP contribution in [0.5, 0.6) is 0 Å². The third-order valence-corrected chi connectivity index (χ3v) is 4.22. The lowest BCUT2D eigenvalue weighted by Crippen LogP contribution is -2.60. The van der Waals surface area contributed by atoms with Crippen LogP contribution in [-0.2, 0) is 11.2 Å². The summed E-state index contributed by atoms with van der Waals surface area (Å²) in [5.41, 5.74) is 0.179. The van der Waals surface area contributed by atoms with Crippen molar-refractivity contribution in [2.45, 2.75) is 51.7 Å². The van der Waals surface area contributed by atoms with E-state index in [0.717, 1.165) is 24.3 Å². The van der Waals surface area contributed by atoms with Crippen molar-refractivity contribution in [1.29, 1.82) is 0 Å². The first kappa shape index (κ1) is 17.7. The third kappa shape index (κ3) is 4.28. The molecule has 3 rings (SSSR count). The largest absolute Gasteiger partial charge is 0.366 e. The second-order valence-corrected chi connectivity index (χ2v) is 7.86. The van der Waals surface area contributed by atoms with Gasteiger partial charge in [0.1, 0.15) is 5.82 Å². The van der Waals surface area contributed by atoms with Crippen molar-refractivity contribution in [2.75, 3.05) is 19.6 Å². The summed E-state index contributed by atoms with van der Waals surface area (Å²) < 4.78 is 8.00. The Bertz CT molecular complexity index is 737. The van der Waals surface area contributed by atoms with Gasteiger partial charge in [0.15, 0.2) is 5.65 Å². The monoisotopic (exact) mass is 345 g/mol. The molecule has 0 radical (unpaired) electrons. The van der Waals surface area contributed by atoms with E-state index < -0.39 is 0 Å². The van der Waals surface area contributed by atoms with Crippen LogP contribution in [0.1, 0.15) is 39.9 Å². The van der Waals surface area contributed by atoms with E-state index in [2.05, 4.69) is 15.5 Å². The highest BCUT2D eigenvalue weighted by atomic mass is 16.5. The molecule has 1 fully saturated rings. The van der Waals surface area contributed by atoms with Crippen LogP contribution in [0.2, 0.25) is 0 Å². The fourth-order valence-corrected chi connectivity index (χ4v) is 3.55. The highest BCUT2D eigenvalue weighted by Crippen LogP contribution is 2.27. The number of urea groups is 1. The number of nitrogens with one attached hydrogen (secondary N) is 1. The van der Waals surface area contributed by atoms with Crippen LogP contribution in [0.4, 0.5) is 4.79 Å². The first-order chi connectivity index (χ1) is 11.8. The molecule has 1 N–H and O–H groups in total. The minimum atomic E-state index is -0.334. The molecule has 136 valence electrons. The Kier molecular flexibility index (Phi) is 4.69. The van der Waals surface area contributed by atoms with Gasteiger partial charge in [0.2, 0.25) is 0 Å². The van der Waals surface area contributed by atoms with Crippen LogP contribution in [0.3, 0.4) is 0 Å². The standard InChI is InChI=1S/C18H27N5O2/c1-17(2)12-22(13-18(3,4)25-17)16(24)19-10-7-9-15-21-20-14-8-5-6-11-23(14)15/h5-6,8,11H,7,9-10,12-13H2,1-4H3,(H,19,24). The van der Waals surface area contributed by atoms with Gasteiger partial charge >= 0.3 is 6.03 Å². The number of ether oxygens (including phenoxy) is 1. The number of morpholine rings is 1. The Morgan fingerprint density at radius 1 is 1.20 bits per heavy atom. The van der Waals surface area contributed by atoms with Crippen LogP contribution in [0.15, 0.2) is 24.4 Å². The first-order valence-electron chi connectivity index (χ1n) is 8.77. The zero-order valence-electron chi connectivity index (χ0n) is 15.5. The minimum absolute atomic E-state index is 0.0319. The number of carbonyl (C=O) groups excluding carboxylic acids is 1. The topological polar surface area (TPSA) is 71.8 Å². The molecule has 25 heavy (non-hydrogen) atoms. The number of aromatic nitrogens is 3. The molecule has 2 aromatic heterocycles. The lowest BCUT2D eigenvalue weighted by Gasteiger charge is -2.47. The van der Waals surface area contributed by atoms with E-state index in [1.165, 1.54) is 0 Å². The van der Waals surface area contributed by atoms with Gasteiger partial charge in [-0.3, -0.25) is 4.40 Å². The predicted octanol–water partition coefficient (Wildman–Crippen LogP) is 2.26. The molecular weight excluding hydrogens is 318 g/mol. The van der Waals surface area contributed by atoms with Crippen molar-refractivity contribution < 1.29 is 9.53 Å². The Hall–Kier alpha value is -2.15. The van der Waals surface area contributed by atoms with E-state index in [-0.39, 0.29) is 17.2 Å². The predicted molar refractivity (Wildman–Crippen MR) is 95.5 cm³/mol. The summed E-state index contributed by atoms with van der Waals surface area (Å²) in [6.45, 7) is 9.87. The summed E-state index contributed by atoms with van der Waals surface area (Å²) in [5.74, 6) is 0.915. The van der Waals surface area contributed by atoms with Gasteiger partial charge in [0.25, 0.3) is 0 Å². The third-order valence-electron chi connectivity index (χ3n) is 4.22. The minimum Gasteiger partial charge on any atom is -0.366 e. The molecule has 1 saturated heterocycles. The van der Waals surface area contributed by atoms with Crippen LogP contribution in [-0.4, -0.2) is 56.4 Å². The average Bonchev–Trinajstić information content (AvgIpc) is 2.91. The average molecular weight is 345 g/mol. The summed E-state index contributed by atoms with van der Waals surface area (Å²) in [7, 11) is 0. The lowest BCUT2D eigenvalue weighted by molar-refractivity contribution is -0.170. The summed E-state index contributed by atoms with van der Waals surface area (Å²) in [4.78, 5) is 14.3. The first-order valence-corrected chi connectivity index (χ1v) is 8.77. The maximum atomic E-state index is 12.5. The molecule has 0 spiro atoms. The highest BCUT2D eigenvalue weighted by Gasteiger charge is 2.39. The number of hydrogen-bond donors (Lipinski definition) is 1. The lowest BCUT2D eigenvalue weighted by atomic mass is 9.99.